The molecule has 0 aromatic carbocycles. The van der Waals surface area contributed by atoms with Gasteiger partial charge in [-0.25, -0.2) is 0 Å². The first-order chi connectivity index (χ1) is 4.68. The number of unbranched alkanes of at least 4 members (excludes halogenated alkanes) is 1. The molecule has 10 heavy (non-hydrogen) atoms. The number of halogens is 1. The van der Waals surface area contributed by atoms with Crippen LogP contribution in [0.15, 0.2) is 10.6 Å². The van der Waals surface area contributed by atoms with E-state index in [-0.39, 0.29) is 6.61 Å². The van der Waals surface area contributed by atoms with Gasteiger partial charge in [0.25, 0.3) is 0 Å². The van der Waals surface area contributed by atoms with Crippen LogP contribution >= 0.6 is 11.6 Å². The summed E-state index contributed by atoms with van der Waals surface area (Å²) in [4.78, 5) is 0. The summed E-state index contributed by atoms with van der Waals surface area (Å²) in [5.74, 6) is 0. The SMILES string of the molecule is C/C(Cl)=C(\C)CCCCO. The maximum atomic E-state index is 8.47. The zero-order valence-corrected chi connectivity index (χ0v) is 7.41. The van der Waals surface area contributed by atoms with E-state index in [1.165, 1.54) is 5.57 Å². The van der Waals surface area contributed by atoms with Gasteiger partial charge in [0.2, 0.25) is 0 Å². The Kier molecular flexibility index (Phi) is 5.74. The normalized spacial score (nSPS) is 13.2. The van der Waals surface area contributed by atoms with Crippen LogP contribution in [0.2, 0.25) is 0 Å². The molecule has 0 aromatic heterocycles. The molecule has 0 aromatic rings. The van der Waals surface area contributed by atoms with Gasteiger partial charge in [-0.3, -0.25) is 0 Å². The highest BCUT2D eigenvalue weighted by molar-refractivity contribution is 6.29. The van der Waals surface area contributed by atoms with Gasteiger partial charge in [-0.05, 0) is 33.1 Å². The highest BCUT2D eigenvalue weighted by atomic mass is 35.5. The Hall–Kier alpha value is -0.0100. The van der Waals surface area contributed by atoms with Gasteiger partial charge in [0.05, 0.1) is 0 Å². The summed E-state index contributed by atoms with van der Waals surface area (Å²) in [6.45, 7) is 4.21. The summed E-state index contributed by atoms with van der Waals surface area (Å²) in [7, 11) is 0. The van der Waals surface area contributed by atoms with Crippen molar-refractivity contribution in [2.45, 2.75) is 33.1 Å². The minimum Gasteiger partial charge on any atom is -0.396 e. The second-order valence-electron chi connectivity index (χ2n) is 2.49. The molecule has 0 rings (SSSR count). The van der Waals surface area contributed by atoms with Crippen molar-refractivity contribution >= 4 is 11.6 Å². The first-order valence-electron chi connectivity index (χ1n) is 3.61. The molecule has 0 fully saturated rings. The predicted octanol–water partition coefficient (Wildman–Crippen LogP) is 2.68. The monoisotopic (exact) mass is 162 g/mol. The Balaban J connectivity index is 3.40. The van der Waals surface area contributed by atoms with Crippen LogP contribution in [-0.2, 0) is 0 Å². The van der Waals surface area contributed by atoms with Crippen LogP contribution in [0.1, 0.15) is 33.1 Å². The van der Waals surface area contributed by atoms with Crippen LogP contribution in [0, 0.1) is 0 Å². The van der Waals surface area contributed by atoms with Crippen molar-refractivity contribution in [3.63, 3.8) is 0 Å². The van der Waals surface area contributed by atoms with Gasteiger partial charge in [-0.2, -0.15) is 0 Å². The summed E-state index contributed by atoms with van der Waals surface area (Å²) in [5.41, 5.74) is 1.23. The fourth-order valence-corrected chi connectivity index (χ4v) is 0.769. The first kappa shape index (κ1) is 9.99. The van der Waals surface area contributed by atoms with Crippen molar-refractivity contribution in [1.29, 1.82) is 0 Å². The topological polar surface area (TPSA) is 20.2 Å². The molecule has 60 valence electrons. The lowest BCUT2D eigenvalue weighted by atomic mass is 10.1. The summed E-state index contributed by atoms with van der Waals surface area (Å²) in [6, 6.07) is 0. The maximum absolute atomic E-state index is 8.47. The van der Waals surface area contributed by atoms with Gasteiger partial charge in [-0.1, -0.05) is 17.2 Å². The fourth-order valence-electron chi connectivity index (χ4n) is 0.674. The van der Waals surface area contributed by atoms with Crippen molar-refractivity contribution in [1.82, 2.24) is 0 Å². The minimum atomic E-state index is 0.286. The molecule has 0 aliphatic carbocycles. The lowest BCUT2D eigenvalue weighted by Crippen LogP contribution is -1.84. The Morgan fingerprint density at radius 1 is 1.30 bits per heavy atom. The van der Waals surface area contributed by atoms with Crippen LogP contribution in [0.25, 0.3) is 0 Å². The highest BCUT2D eigenvalue weighted by Crippen LogP contribution is 2.13. The van der Waals surface area contributed by atoms with Crippen LogP contribution in [0.5, 0.6) is 0 Å². The van der Waals surface area contributed by atoms with E-state index in [1.807, 2.05) is 13.8 Å². The molecule has 2 heteroatoms. The molecule has 0 radical (unpaired) electrons. The molecular formula is C8H15ClO. The summed E-state index contributed by atoms with van der Waals surface area (Å²) < 4.78 is 0. The Bertz CT molecular complexity index is 114. The molecule has 0 heterocycles. The van der Waals surface area contributed by atoms with Gasteiger partial charge in [0.15, 0.2) is 0 Å². The van der Waals surface area contributed by atoms with E-state index in [2.05, 4.69) is 0 Å². The van der Waals surface area contributed by atoms with Gasteiger partial charge in [0, 0.05) is 11.6 Å². The van der Waals surface area contributed by atoms with Crippen molar-refractivity contribution in [3.05, 3.63) is 10.6 Å². The molecule has 0 saturated heterocycles. The molecule has 0 spiro atoms. The first-order valence-corrected chi connectivity index (χ1v) is 3.99. The highest BCUT2D eigenvalue weighted by Gasteiger charge is 1.93. The summed E-state index contributed by atoms with van der Waals surface area (Å²) in [6.07, 6.45) is 2.92. The van der Waals surface area contributed by atoms with E-state index in [9.17, 15) is 0 Å². The number of allylic oxidation sites excluding steroid dienone is 2. The van der Waals surface area contributed by atoms with Crippen molar-refractivity contribution < 1.29 is 5.11 Å². The molecular weight excluding hydrogens is 148 g/mol. The van der Waals surface area contributed by atoms with E-state index >= 15 is 0 Å². The smallest absolute Gasteiger partial charge is 0.0431 e. The standard InChI is InChI=1S/C8H15ClO/c1-7(8(2)9)5-3-4-6-10/h10H,3-6H2,1-2H3/b8-7-. The molecule has 0 bridgehead atoms. The van der Waals surface area contributed by atoms with Crippen LogP contribution in [0.3, 0.4) is 0 Å². The fraction of sp³-hybridized carbons (Fsp3) is 0.750. The summed E-state index contributed by atoms with van der Waals surface area (Å²) >= 11 is 5.72. The van der Waals surface area contributed by atoms with Gasteiger partial charge >= 0.3 is 0 Å². The quantitative estimate of drug-likeness (QED) is 0.631. The molecule has 0 amide bonds. The third-order valence-corrected chi connectivity index (χ3v) is 1.87. The Labute approximate surface area is 67.7 Å². The third-order valence-electron chi connectivity index (χ3n) is 1.55. The number of rotatable bonds is 4. The largest absolute Gasteiger partial charge is 0.396 e. The molecule has 0 atom stereocenters. The molecule has 0 saturated carbocycles. The average Bonchev–Trinajstić information content (AvgIpc) is 1.88. The van der Waals surface area contributed by atoms with Crippen molar-refractivity contribution in [3.8, 4) is 0 Å². The van der Waals surface area contributed by atoms with E-state index in [0.717, 1.165) is 24.3 Å². The maximum Gasteiger partial charge on any atom is 0.0431 e. The molecule has 1 nitrogen and oxygen atoms in total. The van der Waals surface area contributed by atoms with E-state index < -0.39 is 0 Å². The van der Waals surface area contributed by atoms with Crippen LogP contribution < -0.4 is 0 Å². The lowest BCUT2D eigenvalue weighted by Gasteiger charge is -1.99. The van der Waals surface area contributed by atoms with Crippen LogP contribution in [0.4, 0.5) is 0 Å². The molecule has 0 aliphatic rings. The summed E-state index contributed by atoms with van der Waals surface area (Å²) in [5, 5.41) is 9.36. The second-order valence-corrected chi connectivity index (χ2v) is 3.06. The average molecular weight is 163 g/mol. The molecule has 1 N–H and O–H groups in total. The number of aliphatic hydroxyl groups is 1. The van der Waals surface area contributed by atoms with E-state index in [1.54, 1.807) is 0 Å². The zero-order valence-electron chi connectivity index (χ0n) is 6.65. The second kappa shape index (κ2) is 5.75. The zero-order chi connectivity index (χ0) is 7.98. The van der Waals surface area contributed by atoms with Crippen LogP contribution in [-0.4, -0.2) is 11.7 Å². The lowest BCUT2D eigenvalue weighted by molar-refractivity contribution is 0.284. The number of hydrogen-bond acceptors (Lipinski definition) is 1. The molecule has 0 aliphatic heterocycles. The Morgan fingerprint density at radius 3 is 2.30 bits per heavy atom. The van der Waals surface area contributed by atoms with Gasteiger partial charge in [0.1, 0.15) is 0 Å². The Morgan fingerprint density at radius 2 is 1.90 bits per heavy atom. The molecule has 0 unspecified atom stereocenters. The third kappa shape index (κ3) is 4.83. The van der Waals surface area contributed by atoms with Gasteiger partial charge in [-0.15, -0.1) is 0 Å². The van der Waals surface area contributed by atoms with E-state index in [0.29, 0.717) is 0 Å². The number of aliphatic hydroxyl groups excluding tert-OH is 1. The predicted molar refractivity (Wildman–Crippen MR) is 45.2 cm³/mol. The van der Waals surface area contributed by atoms with Gasteiger partial charge < -0.3 is 5.11 Å². The number of hydrogen-bond donors (Lipinski definition) is 1. The minimum absolute atomic E-state index is 0.286. The van der Waals surface area contributed by atoms with E-state index in [4.69, 9.17) is 16.7 Å². The van der Waals surface area contributed by atoms with Crippen molar-refractivity contribution in [2.75, 3.05) is 6.61 Å². The van der Waals surface area contributed by atoms with Crippen molar-refractivity contribution in [2.24, 2.45) is 0 Å².